The number of aliphatic hydroxyl groups excluding tert-OH is 2. The molecular weight excluding hydrogens is 466 g/mol. The number of carbonyl (C=O) groups is 1. The van der Waals surface area contributed by atoms with Gasteiger partial charge in [0.25, 0.3) is 0 Å². The minimum absolute atomic E-state index is 0.0366. The number of cyclic esters (lactones) is 1. The summed E-state index contributed by atoms with van der Waals surface area (Å²) < 4.78 is 8.06. The van der Waals surface area contributed by atoms with Gasteiger partial charge in [-0.25, -0.2) is 14.3 Å². The zero-order valence-corrected chi connectivity index (χ0v) is 22.1. The van der Waals surface area contributed by atoms with E-state index in [-0.39, 0.29) is 30.3 Å². The number of rotatable bonds is 8. The van der Waals surface area contributed by atoms with Crippen molar-refractivity contribution in [2.45, 2.75) is 90.8 Å². The van der Waals surface area contributed by atoms with E-state index in [9.17, 15) is 15.0 Å². The third-order valence-electron chi connectivity index (χ3n) is 8.25. The zero-order chi connectivity index (χ0) is 26.2. The molecule has 7 nitrogen and oxygen atoms in total. The van der Waals surface area contributed by atoms with Crippen molar-refractivity contribution in [3.63, 3.8) is 0 Å². The standard InChI is InChI=1S/C30H37N3O4/c1-4-22-15-21(9-10-23(22)18-34)11-12-30(24-7-5-6-8-24)17-26(35)25(29(36)37-30)16-27-31-28-14-19(2)13-20(3)33(28)32-27/h9-10,13-15,24,34-35H,4-8,11-12,16-18H2,1-3H3. The molecule has 0 radical (unpaired) electrons. The van der Waals surface area contributed by atoms with E-state index in [0.717, 1.165) is 72.1 Å². The number of hydrogen-bond acceptors (Lipinski definition) is 6. The lowest BCUT2D eigenvalue weighted by atomic mass is 9.76. The molecule has 1 aliphatic heterocycles. The van der Waals surface area contributed by atoms with E-state index in [1.165, 1.54) is 0 Å². The lowest BCUT2D eigenvalue weighted by Crippen LogP contribution is -2.46. The van der Waals surface area contributed by atoms with E-state index in [2.05, 4.69) is 29.1 Å². The van der Waals surface area contributed by atoms with E-state index in [1.807, 2.05) is 32.0 Å². The first kappa shape index (κ1) is 25.5. The average molecular weight is 504 g/mol. The minimum atomic E-state index is -0.705. The lowest BCUT2D eigenvalue weighted by Gasteiger charge is -2.41. The Labute approximate surface area is 218 Å². The fourth-order valence-corrected chi connectivity index (χ4v) is 6.25. The van der Waals surface area contributed by atoms with Crippen LogP contribution in [0.5, 0.6) is 0 Å². The van der Waals surface area contributed by atoms with Crippen LogP contribution < -0.4 is 0 Å². The summed E-state index contributed by atoms with van der Waals surface area (Å²) in [6.07, 6.45) is 7.00. The molecule has 1 aliphatic carbocycles. The third-order valence-corrected chi connectivity index (χ3v) is 8.25. The summed E-state index contributed by atoms with van der Waals surface area (Å²) in [5.41, 5.74) is 5.62. The van der Waals surface area contributed by atoms with Crippen molar-refractivity contribution < 1.29 is 19.7 Å². The fraction of sp³-hybridized carbons (Fsp3) is 0.500. The van der Waals surface area contributed by atoms with Crippen LogP contribution in [0.2, 0.25) is 0 Å². The summed E-state index contributed by atoms with van der Waals surface area (Å²) in [5.74, 6) is 0.394. The first-order valence-corrected chi connectivity index (χ1v) is 13.5. The van der Waals surface area contributed by atoms with Crippen LogP contribution >= 0.6 is 0 Å². The number of benzene rings is 1. The number of carbonyl (C=O) groups excluding carboxylic acids is 1. The second-order valence-electron chi connectivity index (χ2n) is 10.8. The van der Waals surface area contributed by atoms with Crippen LogP contribution in [0, 0.1) is 19.8 Å². The van der Waals surface area contributed by atoms with Crippen molar-refractivity contribution in [3.8, 4) is 0 Å². The Bertz CT molecular complexity index is 1350. The number of hydrogen-bond donors (Lipinski definition) is 2. The highest BCUT2D eigenvalue weighted by atomic mass is 16.6. The molecule has 5 rings (SSSR count). The number of aliphatic hydroxyl groups is 2. The van der Waals surface area contributed by atoms with Crippen molar-refractivity contribution in [1.29, 1.82) is 0 Å². The third kappa shape index (κ3) is 5.01. The van der Waals surface area contributed by atoms with Gasteiger partial charge >= 0.3 is 5.97 Å². The normalized spacial score (nSPS) is 20.7. The number of nitrogens with zero attached hydrogens (tertiary/aromatic N) is 3. The number of aryl methyl sites for hydroxylation is 4. The molecule has 2 N–H and O–H groups in total. The number of esters is 1. The van der Waals surface area contributed by atoms with Gasteiger partial charge in [0.05, 0.1) is 12.2 Å². The molecular formula is C30H37N3O4. The van der Waals surface area contributed by atoms with Crippen molar-refractivity contribution >= 4 is 11.6 Å². The van der Waals surface area contributed by atoms with Crippen LogP contribution in [-0.2, 0) is 35.4 Å². The van der Waals surface area contributed by atoms with E-state index < -0.39 is 11.6 Å². The average Bonchev–Trinajstić information content (AvgIpc) is 3.55. The first-order valence-electron chi connectivity index (χ1n) is 13.5. The van der Waals surface area contributed by atoms with Gasteiger partial charge in [-0.05, 0) is 86.3 Å². The summed E-state index contributed by atoms with van der Waals surface area (Å²) >= 11 is 0. The summed E-state index contributed by atoms with van der Waals surface area (Å²) in [6.45, 7) is 6.11. The molecule has 7 heteroatoms. The molecule has 2 aliphatic rings. The van der Waals surface area contributed by atoms with Crippen LogP contribution in [0.25, 0.3) is 5.65 Å². The van der Waals surface area contributed by atoms with E-state index in [4.69, 9.17) is 4.74 Å². The Balaban J connectivity index is 1.40. The Morgan fingerprint density at radius 1 is 1.14 bits per heavy atom. The van der Waals surface area contributed by atoms with Crippen LogP contribution in [0.4, 0.5) is 0 Å². The van der Waals surface area contributed by atoms with Crippen LogP contribution in [0.15, 0.2) is 41.7 Å². The summed E-state index contributed by atoms with van der Waals surface area (Å²) in [7, 11) is 0. The van der Waals surface area contributed by atoms with Gasteiger partial charge in [0.15, 0.2) is 11.5 Å². The smallest absolute Gasteiger partial charge is 0.338 e. The second-order valence-corrected chi connectivity index (χ2v) is 10.8. The SMILES string of the molecule is CCc1cc(CCC2(C3CCCC3)CC(O)=C(Cc3nc4cc(C)cc(C)n4n3)C(=O)O2)ccc1CO. The maximum absolute atomic E-state index is 13.4. The van der Waals surface area contributed by atoms with Crippen molar-refractivity contribution in [1.82, 2.24) is 14.6 Å². The molecule has 196 valence electrons. The molecule has 1 unspecified atom stereocenters. The van der Waals surface area contributed by atoms with Gasteiger partial charge in [-0.3, -0.25) is 0 Å². The Morgan fingerprint density at radius 2 is 1.92 bits per heavy atom. The van der Waals surface area contributed by atoms with Gasteiger partial charge < -0.3 is 14.9 Å². The van der Waals surface area contributed by atoms with Gasteiger partial charge in [-0.2, -0.15) is 5.10 Å². The largest absolute Gasteiger partial charge is 0.512 e. The van der Waals surface area contributed by atoms with Gasteiger partial charge in [0.2, 0.25) is 0 Å². The maximum Gasteiger partial charge on any atom is 0.338 e. The monoisotopic (exact) mass is 503 g/mol. The molecule has 3 aromatic rings. The molecule has 1 atom stereocenters. The van der Waals surface area contributed by atoms with Crippen LogP contribution in [0.1, 0.15) is 79.2 Å². The van der Waals surface area contributed by atoms with E-state index >= 15 is 0 Å². The molecule has 3 heterocycles. The molecule has 0 bridgehead atoms. The summed E-state index contributed by atoms with van der Waals surface area (Å²) in [5, 5.41) is 25.4. The predicted octanol–water partition coefficient (Wildman–Crippen LogP) is 5.26. The predicted molar refractivity (Wildman–Crippen MR) is 141 cm³/mol. The van der Waals surface area contributed by atoms with E-state index in [1.54, 1.807) is 4.52 Å². The highest BCUT2D eigenvalue weighted by molar-refractivity contribution is 5.90. The van der Waals surface area contributed by atoms with Gasteiger partial charge in [-0.15, -0.1) is 0 Å². The minimum Gasteiger partial charge on any atom is -0.512 e. The second kappa shape index (κ2) is 10.3. The number of fused-ring (bicyclic) bond motifs is 1. The highest BCUT2D eigenvalue weighted by Crippen LogP contribution is 2.46. The lowest BCUT2D eigenvalue weighted by molar-refractivity contribution is -0.167. The molecule has 37 heavy (non-hydrogen) atoms. The molecule has 0 spiro atoms. The van der Waals surface area contributed by atoms with Crippen LogP contribution in [0.3, 0.4) is 0 Å². The quantitative estimate of drug-likeness (QED) is 0.407. The Morgan fingerprint density at radius 3 is 2.62 bits per heavy atom. The number of pyridine rings is 1. The van der Waals surface area contributed by atoms with Crippen molar-refractivity contribution in [3.05, 3.63) is 75.4 Å². The topological polar surface area (TPSA) is 97.0 Å². The molecule has 0 saturated heterocycles. The molecule has 1 fully saturated rings. The van der Waals surface area contributed by atoms with Gasteiger partial charge in [0, 0.05) is 18.5 Å². The van der Waals surface area contributed by atoms with Gasteiger partial charge in [0.1, 0.15) is 11.4 Å². The van der Waals surface area contributed by atoms with Gasteiger partial charge in [-0.1, -0.05) is 38.0 Å². The van der Waals surface area contributed by atoms with Crippen LogP contribution in [-0.4, -0.2) is 36.4 Å². The summed E-state index contributed by atoms with van der Waals surface area (Å²) in [6, 6.07) is 10.2. The molecule has 1 saturated carbocycles. The molecule has 1 aromatic carbocycles. The fourth-order valence-electron chi connectivity index (χ4n) is 6.25. The van der Waals surface area contributed by atoms with E-state index in [0.29, 0.717) is 18.7 Å². The Hall–Kier alpha value is -3.19. The zero-order valence-electron chi connectivity index (χ0n) is 22.1. The molecule has 0 amide bonds. The van der Waals surface area contributed by atoms with Crippen molar-refractivity contribution in [2.24, 2.45) is 5.92 Å². The summed E-state index contributed by atoms with van der Waals surface area (Å²) in [4.78, 5) is 18.0. The maximum atomic E-state index is 13.4. The first-order chi connectivity index (χ1) is 17.8. The van der Waals surface area contributed by atoms with Crippen molar-refractivity contribution in [2.75, 3.05) is 0 Å². The molecule has 2 aromatic heterocycles. The Kier molecular flexibility index (Phi) is 7.08. The number of ether oxygens (including phenoxy) is 1. The highest BCUT2D eigenvalue weighted by Gasteiger charge is 2.48. The number of aromatic nitrogens is 3.